The molecule has 1 atom stereocenters. The van der Waals surface area contributed by atoms with Crippen LogP contribution in [-0.2, 0) is 10.0 Å². The first kappa shape index (κ1) is 19.7. The molecule has 1 aromatic carbocycles. The van der Waals surface area contributed by atoms with Gasteiger partial charge in [-0.15, -0.1) is 11.3 Å². The highest BCUT2D eigenvalue weighted by Crippen LogP contribution is 2.32. The standard InChI is InChI=1S/C19H23N3O3S2/c1-11-7-8-16(17-10-20-14(4)25-17)9-18(11)27(23,24)22(6)12(2)19-13(3)26-15(5)21-19/h7-10,12H,1-6H3. The SMILES string of the molecule is Cc1ncc(-c2ccc(C)c(S(=O)(=O)N(C)C(C)c3nc(C)sc3C)c2)o1. The summed E-state index contributed by atoms with van der Waals surface area (Å²) in [6, 6.07) is 4.91. The highest BCUT2D eigenvalue weighted by Gasteiger charge is 2.30. The lowest BCUT2D eigenvalue weighted by Gasteiger charge is -2.24. The van der Waals surface area contributed by atoms with Crippen LogP contribution in [0.15, 0.2) is 33.7 Å². The van der Waals surface area contributed by atoms with Gasteiger partial charge in [-0.1, -0.05) is 12.1 Å². The lowest BCUT2D eigenvalue weighted by atomic mass is 10.1. The van der Waals surface area contributed by atoms with Gasteiger partial charge in [-0.05, 0) is 39.3 Å². The van der Waals surface area contributed by atoms with Crippen LogP contribution >= 0.6 is 11.3 Å². The van der Waals surface area contributed by atoms with E-state index in [1.807, 2.05) is 26.8 Å². The van der Waals surface area contributed by atoms with E-state index in [1.54, 1.807) is 50.6 Å². The van der Waals surface area contributed by atoms with Crippen molar-refractivity contribution in [2.24, 2.45) is 0 Å². The molecule has 1 unspecified atom stereocenters. The molecule has 0 amide bonds. The fourth-order valence-electron chi connectivity index (χ4n) is 2.99. The molecule has 0 aliphatic rings. The summed E-state index contributed by atoms with van der Waals surface area (Å²) in [4.78, 5) is 9.90. The van der Waals surface area contributed by atoms with Crippen LogP contribution in [0.5, 0.6) is 0 Å². The Balaban J connectivity index is 2.02. The number of nitrogens with zero attached hydrogens (tertiary/aromatic N) is 3. The summed E-state index contributed by atoms with van der Waals surface area (Å²) in [7, 11) is -2.12. The number of hydrogen-bond donors (Lipinski definition) is 0. The van der Waals surface area contributed by atoms with Crippen LogP contribution in [0, 0.1) is 27.7 Å². The molecule has 144 valence electrons. The van der Waals surface area contributed by atoms with Gasteiger partial charge in [-0.25, -0.2) is 18.4 Å². The lowest BCUT2D eigenvalue weighted by molar-refractivity contribution is 0.391. The van der Waals surface area contributed by atoms with Crippen LogP contribution in [0.3, 0.4) is 0 Å². The molecule has 0 aliphatic carbocycles. The summed E-state index contributed by atoms with van der Waals surface area (Å²) in [5, 5.41) is 0.930. The third kappa shape index (κ3) is 3.69. The van der Waals surface area contributed by atoms with Crippen molar-refractivity contribution in [1.82, 2.24) is 14.3 Å². The Hall–Kier alpha value is -2.03. The second-order valence-corrected chi connectivity index (χ2v) is 9.97. The number of hydrogen-bond acceptors (Lipinski definition) is 6. The monoisotopic (exact) mass is 405 g/mol. The molecule has 0 spiro atoms. The van der Waals surface area contributed by atoms with Gasteiger partial charge in [0.2, 0.25) is 10.0 Å². The van der Waals surface area contributed by atoms with Crippen molar-refractivity contribution in [3.63, 3.8) is 0 Å². The molecule has 27 heavy (non-hydrogen) atoms. The number of oxazole rings is 1. The summed E-state index contributed by atoms with van der Waals surface area (Å²) in [6.45, 7) is 9.30. The second kappa shape index (κ2) is 7.18. The molecule has 0 bridgehead atoms. The Kier molecular flexibility index (Phi) is 5.24. The van der Waals surface area contributed by atoms with Crippen LogP contribution in [0.1, 0.15) is 40.0 Å². The van der Waals surface area contributed by atoms with Crippen LogP contribution in [-0.4, -0.2) is 29.7 Å². The van der Waals surface area contributed by atoms with Crippen molar-refractivity contribution in [3.05, 3.63) is 51.4 Å². The minimum Gasteiger partial charge on any atom is -0.441 e. The van der Waals surface area contributed by atoms with Crippen molar-refractivity contribution in [2.75, 3.05) is 7.05 Å². The van der Waals surface area contributed by atoms with E-state index < -0.39 is 10.0 Å². The molecule has 8 heteroatoms. The summed E-state index contributed by atoms with van der Waals surface area (Å²) in [6.07, 6.45) is 1.60. The zero-order valence-corrected chi connectivity index (χ0v) is 17.9. The molecular formula is C19H23N3O3S2. The average molecular weight is 406 g/mol. The van der Waals surface area contributed by atoms with Crippen LogP contribution < -0.4 is 0 Å². The van der Waals surface area contributed by atoms with E-state index in [1.165, 1.54) is 4.31 Å². The first-order chi connectivity index (χ1) is 12.6. The fraction of sp³-hybridized carbons (Fsp3) is 0.368. The third-order valence-electron chi connectivity index (χ3n) is 4.63. The predicted molar refractivity (Wildman–Crippen MR) is 106 cm³/mol. The predicted octanol–water partition coefficient (Wildman–Crippen LogP) is 4.41. The van der Waals surface area contributed by atoms with E-state index in [9.17, 15) is 8.42 Å². The third-order valence-corrected chi connectivity index (χ3v) is 7.60. The summed E-state index contributed by atoms with van der Waals surface area (Å²) >= 11 is 1.57. The zero-order chi connectivity index (χ0) is 19.9. The molecule has 2 heterocycles. The van der Waals surface area contributed by atoms with Gasteiger partial charge < -0.3 is 4.42 Å². The van der Waals surface area contributed by atoms with Crippen molar-refractivity contribution >= 4 is 21.4 Å². The number of aromatic nitrogens is 2. The van der Waals surface area contributed by atoms with Gasteiger partial charge in [0.05, 0.1) is 27.8 Å². The van der Waals surface area contributed by atoms with Gasteiger partial charge >= 0.3 is 0 Å². The highest BCUT2D eigenvalue weighted by molar-refractivity contribution is 7.89. The Morgan fingerprint density at radius 3 is 2.44 bits per heavy atom. The van der Waals surface area contributed by atoms with Crippen molar-refractivity contribution in [3.8, 4) is 11.3 Å². The molecule has 0 saturated heterocycles. The average Bonchev–Trinajstić information content (AvgIpc) is 3.18. The topological polar surface area (TPSA) is 76.3 Å². The quantitative estimate of drug-likeness (QED) is 0.628. The molecule has 0 aliphatic heterocycles. The molecule has 0 saturated carbocycles. The Bertz CT molecular complexity index is 1080. The summed E-state index contributed by atoms with van der Waals surface area (Å²) < 4.78 is 33.6. The van der Waals surface area contributed by atoms with Crippen molar-refractivity contribution in [1.29, 1.82) is 0 Å². The minimum absolute atomic E-state index is 0.257. The fourth-order valence-corrected chi connectivity index (χ4v) is 5.48. The van der Waals surface area contributed by atoms with Crippen LogP contribution in [0.2, 0.25) is 0 Å². The van der Waals surface area contributed by atoms with E-state index in [0.717, 1.165) is 15.6 Å². The van der Waals surface area contributed by atoms with E-state index in [2.05, 4.69) is 9.97 Å². The first-order valence-corrected chi connectivity index (χ1v) is 10.8. The maximum absolute atomic E-state index is 13.3. The Morgan fingerprint density at radius 1 is 1.19 bits per heavy atom. The van der Waals surface area contributed by atoms with E-state index in [-0.39, 0.29) is 10.9 Å². The minimum atomic E-state index is -3.71. The number of thiazole rings is 1. The van der Waals surface area contributed by atoms with Gasteiger partial charge in [-0.3, -0.25) is 0 Å². The molecule has 3 rings (SSSR count). The molecule has 0 fully saturated rings. The van der Waals surface area contributed by atoms with Gasteiger partial charge in [-0.2, -0.15) is 4.31 Å². The molecule has 0 N–H and O–H groups in total. The van der Waals surface area contributed by atoms with Crippen molar-refractivity contribution < 1.29 is 12.8 Å². The highest BCUT2D eigenvalue weighted by atomic mass is 32.2. The molecular weight excluding hydrogens is 382 g/mol. The van der Waals surface area contributed by atoms with Gasteiger partial charge in [0.1, 0.15) is 0 Å². The largest absolute Gasteiger partial charge is 0.441 e. The maximum atomic E-state index is 13.3. The summed E-state index contributed by atoms with van der Waals surface area (Å²) in [5.74, 6) is 1.08. The second-order valence-electron chi connectivity index (χ2n) is 6.60. The Labute approximate surface area is 163 Å². The smallest absolute Gasteiger partial charge is 0.243 e. The van der Waals surface area contributed by atoms with Gasteiger partial charge in [0.25, 0.3) is 0 Å². The lowest BCUT2D eigenvalue weighted by Crippen LogP contribution is -2.30. The van der Waals surface area contributed by atoms with Crippen LogP contribution in [0.25, 0.3) is 11.3 Å². The van der Waals surface area contributed by atoms with E-state index in [0.29, 0.717) is 22.8 Å². The first-order valence-electron chi connectivity index (χ1n) is 8.56. The number of rotatable bonds is 5. The normalized spacial score (nSPS) is 13.3. The molecule has 2 aromatic heterocycles. The van der Waals surface area contributed by atoms with E-state index >= 15 is 0 Å². The van der Waals surface area contributed by atoms with E-state index in [4.69, 9.17) is 4.42 Å². The molecule has 0 radical (unpaired) electrons. The molecule has 6 nitrogen and oxygen atoms in total. The number of aryl methyl sites for hydroxylation is 4. The number of sulfonamides is 1. The maximum Gasteiger partial charge on any atom is 0.243 e. The number of benzene rings is 1. The van der Waals surface area contributed by atoms with Crippen molar-refractivity contribution in [2.45, 2.75) is 45.6 Å². The molecule has 3 aromatic rings. The Morgan fingerprint density at radius 2 is 1.89 bits per heavy atom. The summed E-state index contributed by atoms with van der Waals surface area (Å²) in [5.41, 5.74) is 2.16. The zero-order valence-electron chi connectivity index (χ0n) is 16.3. The van der Waals surface area contributed by atoms with Gasteiger partial charge in [0, 0.05) is 24.4 Å². The van der Waals surface area contributed by atoms with Gasteiger partial charge in [0.15, 0.2) is 11.7 Å². The van der Waals surface area contributed by atoms with Crippen LogP contribution in [0.4, 0.5) is 0 Å².